The van der Waals surface area contributed by atoms with Gasteiger partial charge < -0.3 is 14.6 Å². The minimum atomic E-state index is 0.315. The van der Waals surface area contributed by atoms with Crippen molar-refractivity contribution in [3.63, 3.8) is 0 Å². The number of oxazole rings is 1. The van der Waals surface area contributed by atoms with Crippen molar-refractivity contribution >= 4 is 28.5 Å². The molecule has 1 fully saturated rings. The quantitative estimate of drug-likeness (QED) is 0.780. The third-order valence-corrected chi connectivity index (χ3v) is 4.82. The second-order valence-corrected chi connectivity index (χ2v) is 6.46. The summed E-state index contributed by atoms with van der Waals surface area (Å²) in [5.41, 5.74) is 2.79. The van der Waals surface area contributed by atoms with Crippen LogP contribution >= 0.6 is 11.3 Å². The number of rotatable bonds is 2. The Morgan fingerprint density at radius 2 is 2.39 bits per heavy atom. The summed E-state index contributed by atoms with van der Waals surface area (Å²) >= 11 is 1.52. The summed E-state index contributed by atoms with van der Waals surface area (Å²) in [6.45, 7) is 4.81. The summed E-state index contributed by atoms with van der Waals surface area (Å²) in [4.78, 5) is 11.1. The number of hydrogen-bond acceptors (Lipinski definition) is 7. The number of aromatic nitrogens is 2. The van der Waals surface area contributed by atoms with Crippen molar-refractivity contribution in [2.75, 3.05) is 24.5 Å². The van der Waals surface area contributed by atoms with Crippen molar-refractivity contribution < 1.29 is 4.42 Å². The Kier molecular flexibility index (Phi) is 3.48. The van der Waals surface area contributed by atoms with Crippen LogP contribution in [0.3, 0.4) is 0 Å². The Bertz CT molecular complexity index is 880. The summed E-state index contributed by atoms with van der Waals surface area (Å²) in [5, 5.41) is 15.4. The second-order valence-electron chi connectivity index (χ2n) is 5.56. The van der Waals surface area contributed by atoms with E-state index in [0.29, 0.717) is 28.7 Å². The van der Waals surface area contributed by atoms with Gasteiger partial charge in [-0.05, 0) is 19.1 Å². The lowest BCUT2D eigenvalue weighted by Gasteiger charge is -2.32. The van der Waals surface area contributed by atoms with E-state index in [1.54, 1.807) is 12.3 Å². The number of thiazole rings is 1. The largest absolute Gasteiger partial charge is 0.423 e. The SMILES string of the molecule is CC1CNCCN1c1nc2cc(C#N)cc(-c3nccs3)c2o1. The maximum Gasteiger partial charge on any atom is 0.298 e. The summed E-state index contributed by atoms with van der Waals surface area (Å²) < 4.78 is 6.08. The molecule has 1 N–H and O–H groups in total. The normalized spacial score (nSPS) is 18.3. The molecule has 0 bridgehead atoms. The molecule has 23 heavy (non-hydrogen) atoms. The first-order chi connectivity index (χ1) is 11.3. The molecule has 1 aliphatic rings. The number of nitrogens with zero attached hydrogens (tertiary/aromatic N) is 4. The molecule has 3 heterocycles. The Morgan fingerprint density at radius 3 is 3.13 bits per heavy atom. The number of hydrogen-bond donors (Lipinski definition) is 1. The molecule has 4 rings (SSSR count). The number of nitrogens with one attached hydrogen (secondary N) is 1. The summed E-state index contributed by atoms with van der Waals surface area (Å²) in [5.74, 6) is 0. The van der Waals surface area contributed by atoms with Gasteiger partial charge in [0, 0.05) is 37.3 Å². The van der Waals surface area contributed by atoms with Crippen LogP contribution in [0.4, 0.5) is 6.01 Å². The average Bonchev–Trinajstić information content (AvgIpc) is 3.23. The van der Waals surface area contributed by atoms with Gasteiger partial charge in [0.05, 0.1) is 17.2 Å². The van der Waals surface area contributed by atoms with Gasteiger partial charge in [0.15, 0.2) is 5.58 Å². The molecule has 1 aliphatic heterocycles. The first-order valence-corrected chi connectivity index (χ1v) is 8.36. The molecule has 0 radical (unpaired) electrons. The highest BCUT2D eigenvalue weighted by molar-refractivity contribution is 7.13. The van der Waals surface area contributed by atoms with Crippen LogP contribution in [0, 0.1) is 11.3 Å². The van der Waals surface area contributed by atoms with E-state index in [9.17, 15) is 5.26 Å². The zero-order chi connectivity index (χ0) is 15.8. The molecular weight excluding hydrogens is 310 g/mol. The van der Waals surface area contributed by atoms with Crippen molar-refractivity contribution in [2.24, 2.45) is 0 Å². The zero-order valence-electron chi connectivity index (χ0n) is 12.6. The fraction of sp³-hybridized carbons (Fsp3) is 0.312. The van der Waals surface area contributed by atoms with Crippen molar-refractivity contribution in [3.05, 3.63) is 29.3 Å². The van der Waals surface area contributed by atoms with E-state index in [1.807, 2.05) is 11.4 Å². The van der Waals surface area contributed by atoms with E-state index >= 15 is 0 Å². The smallest absolute Gasteiger partial charge is 0.298 e. The van der Waals surface area contributed by atoms with Crippen LogP contribution in [0.5, 0.6) is 0 Å². The Labute approximate surface area is 137 Å². The molecule has 3 aromatic rings. The fourth-order valence-electron chi connectivity index (χ4n) is 2.85. The number of anilines is 1. The van der Waals surface area contributed by atoms with Gasteiger partial charge in [-0.15, -0.1) is 11.3 Å². The molecule has 0 aliphatic carbocycles. The van der Waals surface area contributed by atoms with Gasteiger partial charge in [0.1, 0.15) is 10.5 Å². The predicted octanol–water partition coefficient (Wildman–Crippen LogP) is 2.62. The Morgan fingerprint density at radius 1 is 1.48 bits per heavy atom. The van der Waals surface area contributed by atoms with Gasteiger partial charge in [-0.1, -0.05) is 0 Å². The van der Waals surface area contributed by atoms with Gasteiger partial charge in [-0.3, -0.25) is 0 Å². The summed E-state index contributed by atoms with van der Waals surface area (Å²) in [6, 6.07) is 6.71. The van der Waals surface area contributed by atoms with Crippen molar-refractivity contribution in [2.45, 2.75) is 13.0 Å². The van der Waals surface area contributed by atoms with Crippen molar-refractivity contribution in [3.8, 4) is 16.6 Å². The molecule has 0 spiro atoms. The highest BCUT2D eigenvalue weighted by atomic mass is 32.1. The molecule has 0 amide bonds. The molecule has 1 atom stereocenters. The van der Waals surface area contributed by atoms with E-state index in [2.05, 4.69) is 33.2 Å². The predicted molar refractivity (Wildman–Crippen MR) is 89.5 cm³/mol. The minimum Gasteiger partial charge on any atom is -0.423 e. The third kappa shape index (κ3) is 2.46. The monoisotopic (exact) mass is 325 g/mol. The van der Waals surface area contributed by atoms with E-state index in [-0.39, 0.29) is 0 Å². The Hall–Kier alpha value is -2.43. The molecular formula is C16H15N5OS. The molecule has 116 valence electrons. The highest BCUT2D eigenvalue weighted by Gasteiger charge is 2.24. The first-order valence-electron chi connectivity index (χ1n) is 7.48. The molecule has 2 aromatic heterocycles. The van der Waals surface area contributed by atoms with Crippen molar-refractivity contribution in [1.82, 2.24) is 15.3 Å². The van der Waals surface area contributed by atoms with Crippen LogP contribution in [-0.4, -0.2) is 35.6 Å². The number of fused-ring (bicyclic) bond motifs is 1. The summed E-state index contributed by atoms with van der Waals surface area (Å²) in [6.07, 6.45) is 1.75. The van der Waals surface area contributed by atoms with E-state index in [1.165, 1.54) is 11.3 Å². The fourth-order valence-corrected chi connectivity index (χ4v) is 3.50. The molecule has 7 heteroatoms. The van der Waals surface area contributed by atoms with Crippen LogP contribution in [0.25, 0.3) is 21.7 Å². The average molecular weight is 325 g/mol. The summed E-state index contributed by atoms with van der Waals surface area (Å²) in [7, 11) is 0. The lowest BCUT2D eigenvalue weighted by atomic mass is 10.1. The molecule has 1 aromatic carbocycles. The topological polar surface area (TPSA) is 78.0 Å². The van der Waals surface area contributed by atoms with Gasteiger partial charge in [-0.25, -0.2) is 4.98 Å². The molecule has 1 saturated heterocycles. The van der Waals surface area contributed by atoms with Crippen LogP contribution in [0.15, 0.2) is 28.1 Å². The Balaban J connectivity index is 1.87. The van der Waals surface area contributed by atoms with Crippen LogP contribution < -0.4 is 10.2 Å². The van der Waals surface area contributed by atoms with E-state index < -0.39 is 0 Å². The standard InChI is InChI=1S/C16H15N5OS/c1-10-9-18-2-4-21(10)16-20-13-7-11(8-17)6-12(14(13)22-16)15-19-3-5-23-15/h3,5-7,10,18H,2,4,9H2,1H3. The van der Waals surface area contributed by atoms with E-state index in [4.69, 9.17) is 4.42 Å². The van der Waals surface area contributed by atoms with Gasteiger partial charge in [0.25, 0.3) is 6.01 Å². The molecule has 1 unspecified atom stereocenters. The zero-order valence-corrected chi connectivity index (χ0v) is 13.4. The van der Waals surface area contributed by atoms with Gasteiger partial charge >= 0.3 is 0 Å². The molecule has 0 saturated carbocycles. The first kappa shape index (κ1) is 14.2. The molecule has 6 nitrogen and oxygen atoms in total. The number of benzene rings is 1. The highest BCUT2D eigenvalue weighted by Crippen LogP contribution is 2.34. The van der Waals surface area contributed by atoms with Crippen LogP contribution in [-0.2, 0) is 0 Å². The number of piperazine rings is 1. The van der Waals surface area contributed by atoms with Crippen molar-refractivity contribution in [1.29, 1.82) is 5.26 Å². The second kappa shape index (κ2) is 5.65. The van der Waals surface area contributed by atoms with E-state index in [0.717, 1.165) is 30.2 Å². The maximum absolute atomic E-state index is 9.27. The third-order valence-electron chi connectivity index (χ3n) is 4.02. The maximum atomic E-state index is 9.27. The number of nitriles is 1. The lowest BCUT2D eigenvalue weighted by molar-refractivity contribution is 0.456. The lowest BCUT2D eigenvalue weighted by Crippen LogP contribution is -2.50. The minimum absolute atomic E-state index is 0.315. The van der Waals surface area contributed by atoms with Gasteiger partial charge in [0.2, 0.25) is 0 Å². The van der Waals surface area contributed by atoms with Crippen LogP contribution in [0.1, 0.15) is 12.5 Å². The van der Waals surface area contributed by atoms with Gasteiger partial charge in [-0.2, -0.15) is 10.2 Å². The van der Waals surface area contributed by atoms with Crippen LogP contribution in [0.2, 0.25) is 0 Å².